The van der Waals surface area contributed by atoms with Crippen molar-refractivity contribution in [2.24, 2.45) is 5.92 Å². The largest absolute Gasteiger partial charge is 0.311 e. The molecule has 0 aliphatic carbocycles. The number of carbonyl (C=O) groups excluding carboxylic acids is 1. The summed E-state index contributed by atoms with van der Waals surface area (Å²) in [6.45, 7) is 0.369. The van der Waals surface area contributed by atoms with Gasteiger partial charge in [-0.3, -0.25) is 4.79 Å². The molecule has 2 aromatic rings. The Kier molecular flexibility index (Phi) is 4.96. The number of nitrogens with zero attached hydrogens (tertiary/aromatic N) is 2. The van der Waals surface area contributed by atoms with Crippen molar-refractivity contribution in [2.75, 3.05) is 5.32 Å². The number of piperidine rings is 1. The number of amides is 1. The third-order valence-corrected chi connectivity index (χ3v) is 5.65. The summed E-state index contributed by atoms with van der Waals surface area (Å²) < 4.78 is 15.3. The summed E-state index contributed by atoms with van der Waals surface area (Å²) in [5.74, 6) is 0.625. The number of halogens is 2. The monoisotopic (exact) mass is 376 g/mol. The summed E-state index contributed by atoms with van der Waals surface area (Å²) in [5, 5.41) is 10.9. The van der Waals surface area contributed by atoms with Crippen LogP contribution in [0.25, 0.3) is 0 Å². The van der Waals surface area contributed by atoms with Crippen LogP contribution in [0.1, 0.15) is 37.7 Å². The van der Waals surface area contributed by atoms with Crippen LogP contribution >= 0.6 is 11.6 Å². The minimum atomic E-state index is -0.456. The van der Waals surface area contributed by atoms with E-state index in [0.29, 0.717) is 36.8 Å². The summed E-state index contributed by atoms with van der Waals surface area (Å²) in [6, 6.07) is 7.59. The minimum absolute atomic E-state index is 0.0142. The summed E-state index contributed by atoms with van der Waals surface area (Å²) in [7, 11) is 0. The van der Waals surface area contributed by atoms with Crippen molar-refractivity contribution in [3.05, 3.63) is 46.9 Å². The Morgan fingerprint density at radius 3 is 2.81 bits per heavy atom. The second-order valence-electron chi connectivity index (χ2n) is 7.35. The SMILES string of the molecule is O=C(CC1CC2CCC(C1)N2)Nc1ccnn1Cc1ccc(Cl)c(F)c1. The number of hydrogen-bond acceptors (Lipinski definition) is 3. The van der Waals surface area contributed by atoms with E-state index in [1.54, 1.807) is 23.0 Å². The molecule has 5 nitrogen and oxygen atoms in total. The first-order chi connectivity index (χ1) is 12.6. The highest BCUT2D eigenvalue weighted by atomic mass is 35.5. The van der Waals surface area contributed by atoms with Gasteiger partial charge < -0.3 is 10.6 Å². The molecule has 26 heavy (non-hydrogen) atoms. The molecule has 1 aromatic heterocycles. The van der Waals surface area contributed by atoms with Crippen LogP contribution in [0.2, 0.25) is 5.02 Å². The highest BCUT2D eigenvalue weighted by molar-refractivity contribution is 6.30. The third-order valence-electron chi connectivity index (χ3n) is 5.35. The molecule has 2 aliphatic heterocycles. The first-order valence-corrected chi connectivity index (χ1v) is 9.46. The van der Waals surface area contributed by atoms with Crippen LogP contribution in [-0.2, 0) is 11.3 Å². The highest BCUT2D eigenvalue weighted by Crippen LogP contribution is 2.32. The van der Waals surface area contributed by atoms with Gasteiger partial charge in [-0.05, 0) is 49.3 Å². The fourth-order valence-corrected chi connectivity index (χ4v) is 4.29. The van der Waals surface area contributed by atoms with Crippen LogP contribution in [-0.4, -0.2) is 27.8 Å². The van der Waals surface area contributed by atoms with Gasteiger partial charge in [0.15, 0.2) is 0 Å². The number of aromatic nitrogens is 2. The molecule has 4 rings (SSSR count). The van der Waals surface area contributed by atoms with E-state index in [4.69, 9.17) is 11.6 Å². The molecular formula is C19H22ClFN4O. The Morgan fingerprint density at radius 1 is 1.31 bits per heavy atom. The smallest absolute Gasteiger partial charge is 0.225 e. The zero-order chi connectivity index (χ0) is 18.1. The minimum Gasteiger partial charge on any atom is -0.311 e. The molecule has 1 amide bonds. The van der Waals surface area contributed by atoms with Crippen LogP contribution < -0.4 is 10.6 Å². The van der Waals surface area contributed by atoms with Gasteiger partial charge in [0.1, 0.15) is 11.6 Å². The molecule has 0 spiro atoms. The van der Waals surface area contributed by atoms with E-state index in [-0.39, 0.29) is 10.9 Å². The zero-order valence-corrected chi connectivity index (χ0v) is 15.2. The number of benzene rings is 1. The molecule has 2 N–H and O–H groups in total. The van der Waals surface area contributed by atoms with E-state index >= 15 is 0 Å². The first kappa shape index (κ1) is 17.5. The van der Waals surface area contributed by atoms with E-state index in [2.05, 4.69) is 15.7 Å². The van der Waals surface area contributed by atoms with Crippen molar-refractivity contribution in [1.82, 2.24) is 15.1 Å². The molecule has 3 heterocycles. The fraction of sp³-hybridized carbons (Fsp3) is 0.474. The van der Waals surface area contributed by atoms with E-state index in [9.17, 15) is 9.18 Å². The van der Waals surface area contributed by atoms with Gasteiger partial charge >= 0.3 is 0 Å². The van der Waals surface area contributed by atoms with Gasteiger partial charge in [0.05, 0.1) is 17.8 Å². The number of hydrogen-bond donors (Lipinski definition) is 2. The molecule has 1 aromatic carbocycles. The standard InChI is InChI=1S/C19H22ClFN4O/c20-16-4-1-12(9-17(16)21)11-25-18(5-6-22-25)24-19(26)10-13-7-14-2-3-15(8-13)23-14/h1,4-6,9,13-15,23H,2-3,7-8,10-11H2,(H,24,26). The molecule has 2 atom stereocenters. The Hall–Kier alpha value is -1.92. The molecule has 2 saturated heterocycles. The number of fused-ring (bicyclic) bond motifs is 2. The van der Waals surface area contributed by atoms with Crippen molar-refractivity contribution < 1.29 is 9.18 Å². The van der Waals surface area contributed by atoms with Gasteiger partial charge in [0.2, 0.25) is 5.91 Å². The molecule has 138 valence electrons. The van der Waals surface area contributed by atoms with Crippen molar-refractivity contribution >= 4 is 23.3 Å². The zero-order valence-electron chi connectivity index (χ0n) is 14.4. The third kappa shape index (κ3) is 3.91. The number of rotatable bonds is 5. The number of carbonyl (C=O) groups is 1. The highest BCUT2D eigenvalue weighted by Gasteiger charge is 2.34. The Labute approximate surface area is 156 Å². The summed E-state index contributed by atoms with van der Waals surface area (Å²) in [6.07, 6.45) is 6.78. The van der Waals surface area contributed by atoms with Gasteiger partial charge in [-0.25, -0.2) is 9.07 Å². The molecular weight excluding hydrogens is 355 g/mol. The van der Waals surface area contributed by atoms with Crippen molar-refractivity contribution in [3.63, 3.8) is 0 Å². The summed E-state index contributed by atoms with van der Waals surface area (Å²) >= 11 is 5.72. The molecule has 0 radical (unpaired) electrons. The van der Waals surface area contributed by atoms with Gasteiger partial charge in [0, 0.05) is 24.6 Å². The lowest BCUT2D eigenvalue weighted by molar-refractivity contribution is -0.117. The van der Waals surface area contributed by atoms with Crippen LogP contribution in [0.15, 0.2) is 30.5 Å². The second kappa shape index (κ2) is 7.37. The summed E-state index contributed by atoms with van der Waals surface area (Å²) in [5.41, 5.74) is 0.737. The molecule has 2 aliphatic rings. The number of anilines is 1. The number of nitrogens with one attached hydrogen (secondary N) is 2. The van der Waals surface area contributed by atoms with Crippen molar-refractivity contribution in [1.29, 1.82) is 0 Å². The lowest BCUT2D eigenvalue weighted by atomic mass is 9.89. The second-order valence-corrected chi connectivity index (χ2v) is 7.76. The topological polar surface area (TPSA) is 59.0 Å². The van der Waals surface area contributed by atoms with E-state index < -0.39 is 5.82 Å². The first-order valence-electron chi connectivity index (χ1n) is 9.08. The van der Waals surface area contributed by atoms with E-state index in [1.165, 1.54) is 25.0 Å². The maximum absolute atomic E-state index is 13.6. The predicted molar refractivity (Wildman–Crippen MR) is 98.7 cm³/mol. The maximum atomic E-state index is 13.6. The Balaban J connectivity index is 1.37. The van der Waals surface area contributed by atoms with E-state index in [1.807, 2.05) is 0 Å². The van der Waals surface area contributed by atoms with Gasteiger partial charge in [-0.15, -0.1) is 0 Å². The average molecular weight is 377 g/mol. The quantitative estimate of drug-likeness (QED) is 0.838. The van der Waals surface area contributed by atoms with Crippen LogP contribution in [0, 0.1) is 11.7 Å². The van der Waals surface area contributed by atoms with Crippen molar-refractivity contribution in [2.45, 2.75) is 50.7 Å². The van der Waals surface area contributed by atoms with Gasteiger partial charge in [0.25, 0.3) is 0 Å². The fourth-order valence-electron chi connectivity index (χ4n) is 4.17. The Bertz CT molecular complexity index is 797. The van der Waals surface area contributed by atoms with Gasteiger partial charge in [-0.1, -0.05) is 17.7 Å². The van der Waals surface area contributed by atoms with Crippen LogP contribution in [0.5, 0.6) is 0 Å². The summed E-state index contributed by atoms with van der Waals surface area (Å²) in [4.78, 5) is 12.5. The molecule has 2 fully saturated rings. The van der Waals surface area contributed by atoms with Crippen LogP contribution in [0.4, 0.5) is 10.2 Å². The van der Waals surface area contributed by atoms with Gasteiger partial charge in [-0.2, -0.15) is 5.10 Å². The normalized spacial score (nSPS) is 24.6. The van der Waals surface area contributed by atoms with E-state index in [0.717, 1.165) is 18.4 Å². The molecule has 2 bridgehead atoms. The predicted octanol–water partition coefficient (Wildman–Crippen LogP) is 3.58. The molecule has 0 saturated carbocycles. The van der Waals surface area contributed by atoms with Crippen molar-refractivity contribution in [3.8, 4) is 0 Å². The average Bonchev–Trinajstić information content (AvgIpc) is 3.17. The maximum Gasteiger partial charge on any atom is 0.225 e. The Morgan fingerprint density at radius 2 is 2.08 bits per heavy atom. The molecule has 7 heteroatoms. The molecule has 2 unspecified atom stereocenters. The lowest BCUT2D eigenvalue weighted by Gasteiger charge is -2.28. The lowest BCUT2D eigenvalue weighted by Crippen LogP contribution is -2.39. The van der Waals surface area contributed by atoms with Crippen LogP contribution in [0.3, 0.4) is 0 Å².